The van der Waals surface area contributed by atoms with Crippen molar-refractivity contribution in [2.75, 3.05) is 10.6 Å². The number of carbonyl (C=O) groups excluding carboxylic acids is 2. The molecule has 0 aliphatic carbocycles. The number of amides is 2. The first kappa shape index (κ1) is 18.5. The monoisotopic (exact) mass is 377 g/mol. The molecule has 136 valence electrons. The van der Waals surface area contributed by atoms with Crippen molar-refractivity contribution < 1.29 is 9.59 Å². The average Bonchev–Trinajstić information content (AvgIpc) is 3.06. The van der Waals surface area contributed by atoms with Gasteiger partial charge in [-0.2, -0.15) is 0 Å². The van der Waals surface area contributed by atoms with Crippen LogP contribution < -0.4 is 10.6 Å². The quantitative estimate of drug-likeness (QED) is 0.635. The van der Waals surface area contributed by atoms with Crippen LogP contribution in [0.3, 0.4) is 0 Å². The number of aromatic nitrogens is 1. The molecule has 0 unspecified atom stereocenters. The summed E-state index contributed by atoms with van der Waals surface area (Å²) in [5.41, 5.74) is 3.34. The van der Waals surface area contributed by atoms with Gasteiger partial charge in [0.25, 0.3) is 5.91 Å². The summed E-state index contributed by atoms with van der Waals surface area (Å²) in [6, 6.07) is 14.4. The number of thiazole rings is 1. The van der Waals surface area contributed by atoms with Crippen LogP contribution in [0.1, 0.15) is 26.6 Å². The topological polar surface area (TPSA) is 71.1 Å². The summed E-state index contributed by atoms with van der Waals surface area (Å²) in [4.78, 5) is 29.1. The maximum absolute atomic E-state index is 12.6. The summed E-state index contributed by atoms with van der Waals surface area (Å²) in [6.07, 6.45) is 3.05. The Morgan fingerprint density at radius 1 is 1.04 bits per heavy atom. The second-order valence-corrected chi connectivity index (χ2v) is 7.05. The lowest BCUT2D eigenvalue weighted by atomic mass is 10.1. The number of nitrogens with zero attached hydrogens (tertiary/aromatic N) is 1. The van der Waals surface area contributed by atoms with Crippen LogP contribution in [0.5, 0.6) is 0 Å². The highest BCUT2D eigenvalue weighted by Gasteiger charge is 2.12. The minimum atomic E-state index is -0.323. The fourth-order valence-electron chi connectivity index (χ4n) is 2.50. The number of anilines is 2. The number of carbonyl (C=O) groups is 2. The van der Waals surface area contributed by atoms with Crippen molar-refractivity contribution in [3.8, 4) is 0 Å². The van der Waals surface area contributed by atoms with E-state index in [2.05, 4.69) is 15.6 Å². The molecular weight excluding hydrogens is 358 g/mol. The van der Waals surface area contributed by atoms with Crippen LogP contribution in [0.4, 0.5) is 11.4 Å². The van der Waals surface area contributed by atoms with Gasteiger partial charge in [-0.05, 0) is 49.8 Å². The molecule has 0 saturated carbocycles. The number of aryl methyl sites for hydroxylation is 2. The summed E-state index contributed by atoms with van der Waals surface area (Å²) < 4.78 is 0. The number of nitrogens with one attached hydrogen (secondary N) is 2. The zero-order valence-electron chi connectivity index (χ0n) is 15.0. The minimum Gasteiger partial charge on any atom is -0.322 e. The van der Waals surface area contributed by atoms with E-state index < -0.39 is 0 Å². The highest BCUT2D eigenvalue weighted by Crippen LogP contribution is 2.18. The fraction of sp³-hybridized carbons (Fsp3) is 0.0952. The molecule has 3 rings (SSSR count). The van der Waals surface area contributed by atoms with E-state index in [0.717, 1.165) is 16.3 Å². The van der Waals surface area contributed by atoms with Gasteiger partial charge < -0.3 is 10.6 Å². The van der Waals surface area contributed by atoms with Crippen LogP contribution in [0.2, 0.25) is 0 Å². The second kappa shape index (κ2) is 8.42. The molecule has 2 amide bonds. The van der Waals surface area contributed by atoms with Crippen molar-refractivity contribution in [2.24, 2.45) is 0 Å². The van der Waals surface area contributed by atoms with Gasteiger partial charge in [0.15, 0.2) is 0 Å². The second-order valence-electron chi connectivity index (χ2n) is 5.98. The van der Waals surface area contributed by atoms with Crippen LogP contribution >= 0.6 is 11.3 Å². The molecule has 27 heavy (non-hydrogen) atoms. The molecule has 0 bridgehead atoms. The molecule has 5 nitrogen and oxygen atoms in total. The van der Waals surface area contributed by atoms with E-state index in [0.29, 0.717) is 16.9 Å². The smallest absolute Gasteiger partial charge is 0.257 e. The van der Waals surface area contributed by atoms with Crippen LogP contribution in [0.25, 0.3) is 6.08 Å². The van der Waals surface area contributed by atoms with Gasteiger partial charge in [0, 0.05) is 17.1 Å². The Labute approximate surface area is 161 Å². The molecule has 0 fully saturated rings. The van der Waals surface area contributed by atoms with E-state index in [4.69, 9.17) is 0 Å². The van der Waals surface area contributed by atoms with E-state index in [1.54, 1.807) is 30.3 Å². The van der Waals surface area contributed by atoms with E-state index in [-0.39, 0.29) is 11.8 Å². The van der Waals surface area contributed by atoms with Gasteiger partial charge in [0.05, 0.1) is 22.0 Å². The molecule has 0 saturated heterocycles. The third-order valence-corrected chi connectivity index (χ3v) is 4.54. The van der Waals surface area contributed by atoms with Crippen LogP contribution in [0, 0.1) is 13.8 Å². The van der Waals surface area contributed by atoms with Crippen molar-refractivity contribution >= 4 is 40.6 Å². The number of benzene rings is 2. The number of para-hydroxylation sites is 1. The van der Waals surface area contributed by atoms with Gasteiger partial charge >= 0.3 is 0 Å². The Bertz CT molecular complexity index is 1010. The summed E-state index contributed by atoms with van der Waals surface area (Å²) in [5, 5.41) is 8.43. The van der Waals surface area contributed by atoms with E-state index in [1.807, 2.05) is 43.5 Å². The SMILES string of the molecule is Cc1cccc(NC(=O)c2ccccc2NC(=O)/C=C/c2csc(C)n2)c1. The number of hydrogen-bond acceptors (Lipinski definition) is 4. The summed E-state index contributed by atoms with van der Waals surface area (Å²) >= 11 is 1.52. The maximum Gasteiger partial charge on any atom is 0.257 e. The molecule has 3 aromatic rings. The number of rotatable bonds is 5. The Morgan fingerprint density at radius 3 is 2.59 bits per heavy atom. The minimum absolute atomic E-state index is 0.282. The fourth-order valence-corrected chi connectivity index (χ4v) is 3.08. The molecule has 0 radical (unpaired) electrons. The van der Waals surface area contributed by atoms with Gasteiger partial charge in [0.1, 0.15) is 0 Å². The lowest BCUT2D eigenvalue weighted by Gasteiger charge is -2.11. The van der Waals surface area contributed by atoms with Crippen molar-refractivity contribution in [3.05, 3.63) is 81.8 Å². The van der Waals surface area contributed by atoms with Gasteiger partial charge in [-0.1, -0.05) is 24.3 Å². The average molecular weight is 377 g/mol. The van der Waals surface area contributed by atoms with Crippen molar-refractivity contribution in [1.29, 1.82) is 0 Å². The van der Waals surface area contributed by atoms with Gasteiger partial charge in [-0.15, -0.1) is 11.3 Å². The summed E-state index contributed by atoms with van der Waals surface area (Å²) in [7, 11) is 0. The standard InChI is InChI=1S/C21H19N3O2S/c1-14-6-5-7-16(12-14)23-21(26)18-8-3-4-9-19(18)24-20(25)11-10-17-13-27-15(2)22-17/h3-13H,1-2H3,(H,23,26)(H,24,25)/b11-10+. The molecular formula is C21H19N3O2S. The van der Waals surface area contributed by atoms with Crippen LogP contribution in [0.15, 0.2) is 60.0 Å². The van der Waals surface area contributed by atoms with Crippen LogP contribution in [-0.4, -0.2) is 16.8 Å². The largest absolute Gasteiger partial charge is 0.322 e. The number of hydrogen-bond donors (Lipinski definition) is 2. The summed E-state index contributed by atoms with van der Waals surface area (Å²) in [5.74, 6) is -0.605. The molecule has 2 N–H and O–H groups in total. The van der Waals surface area contributed by atoms with Gasteiger partial charge in [-0.25, -0.2) is 4.98 Å². The summed E-state index contributed by atoms with van der Waals surface area (Å²) in [6.45, 7) is 3.87. The highest BCUT2D eigenvalue weighted by atomic mass is 32.1. The predicted octanol–water partition coefficient (Wildman–Crippen LogP) is 4.66. The first-order chi connectivity index (χ1) is 13.0. The lowest BCUT2D eigenvalue weighted by Crippen LogP contribution is -2.17. The molecule has 0 aliphatic heterocycles. The first-order valence-electron chi connectivity index (χ1n) is 8.39. The molecule has 1 heterocycles. The van der Waals surface area contributed by atoms with Crippen molar-refractivity contribution in [1.82, 2.24) is 4.98 Å². The Morgan fingerprint density at radius 2 is 1.85 bits per heavy atom. The zero-order valence-corrected chi connectivity index (χ0v) is 15.8. The third-order valence-electron chi connectivity index (χ3n) is 3.75. The van der Waals surface area contributed by atoms with Crippen molar-refractivity contribution in [3.63, 3.8) is 0 Å². The lowest BCUT2D eigenvalue weighted by molar-refractivity contribution is -0.111. The van der Waals surface area contributed by atoms with Gasteiger partial charge in [0.2, 0.25) is 5.91 Å². The van der Waals surface area contributed by atoms with E-state index in [1.165, 1.54) is 17.4 Å². The molecule has 6 heteroatoms. The third kappa shape index (κ3) is 5.12. The highest BCUT2D eigenvalue weighted by molar-refractivity contribution is 7.09. The molecule has 0 spiro atoms. The maximum atomic E-state index is 12.6. The molecule has 0 aliphatic rings. The Hall–Kier alpha value is -3.25. The Balaban J connectivity index is 1.72. The van der Waals surface area contributed by atoms with Gasteiger partial charge in [-0.3, -0.25) is 9.59 Å². The van der Waals surface area contributed by atoms with E-state index in [9.17, 15) is 9.59 Å². The zero-order chi connectivity index (χ0) is 19.2. The van der Waals surface area contributed by atoms with Crippen molar-refractivity contribution in [2.45, 2.75) is 13.8 Å². The molecule has 1 aromatic heterocycles. The Kier molecular flexibility index (Phi) is 5.78. The van der Waals surface area contributed by atoms with Crippen LogP contribution in [-0.2, 0) is 4.79 Å². The first-order valence-corrected chi connectivity index (χ1v) is 9.27. The molecule has 0 atom stereocenters. The molecule has 2 aromatic carbocycles. The predicted molar refractivity (Wildman–Crippen MR) is 110 cm³/mol. The van der Waals surface area contributed by atoms with E-state index >= 15 is 0 Å². The normalized spacial score (nSPS) is 10.7.